The van der Waals surface area contributed by atoms with Gasteiger partial charge in [0, 0.05) is 60.9 Å². The zero-order valence-corrected chi connectivity index (χ0v) is 19.3. The summed E-state index contributed by atoms with van der Waals surface area (Å²) in [7, 11) is 0. The van der Waals surface area contributed by atoms with E-state index in [0.717, 1.165) is 67.3 Å². The molecule has 3 aromatic rings. The van der Waals surface area contributed by atoms with Gasteiger partial charge in [-0.2, -0.15) is 0 Å². The van der Waals surface area contributed by atoms with Crippen LogP contribution < -0.4 is 4.90 Å². The third kappa shape index (κ3) is 4.24. The number of carboxylic acid groups (broad SMARTS) is 1. The van der Waals surface area contributed by atoms with Crippen LogP contribution in [0.1, 0.15) is 34.6 Å². The van der Waals surface area contributed by atoms with Gasteiger partial charge >= 0.3 is 5.97 Å². The summed E-state index contributed by atoms with van der Waals surface area (Å²) in [6, 6.07) is 12.5. The quantitative estimate of drug-likeness (QED) is 0.638. The van der Waals surface area contributed by atoms with Crippen molar-refractivity contribution in [1.82, 2.24) is 9.30 Å². The van der Waals surface area contributed by atoms with Gasteiger partial charge in [0.25, 0.3) is 0 Å². The van der Waals surface area contributed by atoms with Gasteiger partial charge in [-0.1, -0.05) is 12.1 Å². The van der Waals surface area contributed by atoms with Crippen LogP contribution in [-0.4, -0.2) is 73.0 Å². The normalized spacial score (nSPS) is 18.5. The second-order valence-corrected chi connectivity index (χ2v) is 8.87. The third-order valence-corrected chi connectivity index (χ3v) is 6.96. The minimum Gasteiger partial charge on any atom is -0.478 e. The van der Waals surface area contributed by atoms with E-state index in [-0.39, 0.29) is 6.04 Å². The molecule has 1 atom stereocenters. The monoisotopic (exact) mass is 449 g/mol. The zero-order valence-electron chi connectivity index (χ0n) is 19.3. The van der Waals surface area contributed by atoms with Crippen LogP contribution in [0.25, 0.3) is 16.6 Å². The number of benzene rings is 1. The Morgan fingerprint density at radius 2 is 1.67 bits per heavy atom. The average molecular weight is 450 g/mol. The van der Waals surface area contributed by atoms with Crippen LogP contribution in [0.5, 0.6) is 0 Å². The maximum absolute atomic E-state index is 12.1. The molecule has 0 spiro atoms. The molecular weight excluding hydrogens is 418 g/mol. The number of aromatic carboxylic acids is 1. The Morgan fingerprint density at radius 1 is 0.970 bits per heavy atom. The molecule has 1 aromatic carbocycles. The smallest absolute Gasteiger partial charge is 0.336 e. The molecule has 5 rings (SSSR count). The molecule has 7 nitrogen and oxygen atoms in total. The highest BCUT2D eigenvalue weighted by molar-refractivity contribution is 5.92. The first kappa shape index (κ1) is 21.9. The van der Waals surface area contributed by atoms with E-state index in [2.05, 4.69) is 57.7 Å². The summed E-state index contributed by atoms with van der Waals surface area (Å²) in [6.45, 7) is 10.5. The van der Waals surface area contributed by atoms with Crippen LogP contribution in [0.15, 0.2) is 42.6 Å². The minimum absolute atomic E-state index is 0.0793. The first-order valence-corrected chi connectivity index (χ1v) is 11.7. The molecule has 2 aliphatic heterocycles. The fraction of sp³-hybridized carbons (Fsp3) is 0.423. The molecule has 174 valence electrons. The van der Waals surface area contributed by atoms with Gasteiger partial charge in [-0.05, 0) is 49.2 Å². The predicted molar refractivity (Wildman–Crippen MR) is 128 cm³/mol. The number of hydrogen-bond donors (Lipinski definition) is 1. The van der Waals surface area contributed by atoms with Gasteiger partial charge in [0.05, 0.1) is 32.0 Å². The number of ether oxygens (including phenoxy) is 2. The van der Waals surface area contributed by atoms with E-state index in [4.69, 9.17) is 9.47 Å². The second-order valence-electron chi connectivity index (χ2n) is 8.87. The third-order valence-electron chi connectivity index (χ3n) is 6.96. The molecule has 2 saturated heterocycles. The zero-order chi connectivity index (χ0) is 22.9. The van der Waals surface area contributed by atoms with Crippen molar-refractivity contribution in [1.29, 1.82) is 0 Å². The summed E-state index contributed by atoms with van der Waals surface area (Å²) in [5, 5.41) is 9.89. The summed E-state index contributed by atoms with van der Waals surface area (Å²) >= 11 is 0. The molecule has 0 saturated carbocycles. The first-order chi connectivity index (χ1) is 16.0. The molecule has 0 aliphatic carbocycles. The Morgan fingerprint density at radius 3 is 2.36 bits per heavy atom. The summed E-state index contributed by atoms with van der Waals surface area (Å²) < 4.78 is 13.2. The van der Waals surface area contributed by atoms with Crippen molar-refractivity contribution >= 4 is 17.2 Å². The lowest BCUT2D eigenvalue weighted by molar-refractivity contribution is 0.0187. The molecule has 0 radical (unpaired) electrons. The topological polar surface area (TPSA) is 66.6 Å². The number of pyridine rings is 1. The van der Waals surface area contributed by atoms with Gasteiger partial charge in [0.15, 0.2) is 0 Å². The number of aromatic nitrogens is 1. The van der Waals surface area contributed by atoms with Gasteiger partial charge in [-0.3, -0.25) is 4.90 Å². The Hall–Kier alpha value is -2.87. The summed E-state index contributed by atoms with van der Waals surface area (Å²) in [6.07, 6.45) is 2.15. The highest BCUT2D eigenvalue weighted by Gasteiger charge is 2.25. The van der Waals surface area contributed by atoms with Crippen molar-refractivity contribution in [2.24, 2.45) is 0 Å². The van der Waals surface area contributed by atoms with E-state index in [1.54, 1.807) is 6.07 Å². The van der Waals surface area contributed by atoms with Crippen molar-refractivity contribution in [3.63, 3.8) is 0 Å². The molecule has 0 amide bonds. The van der Waals surface area contributed by atoms with Gasteiger partial charge < -0.3 is 23.9 Å². The predicted octanol–water partition coefficient (Wildman–Crippen LogP) is 3.84. The molecular formula is C26H31N3O4. The number of anilines is 1. The maximum Gasteiger partial charge on any atom is 0.336 e. The van der Waals surface area contributed by atoms with Crippen LogP contribution in [0.3, 0.4) is 0 Å². The highest BCUT2D eigenvalue weighted by atomic mass is 16.5. The van der Waals surface area contributed by atoms with Crippen molar-refractivity contribution in [3.8, 4) is 11.1 Å². The van der Waals surface area contributed by atoms with Gasteiger partial charge in [-0.25, -0.2) is 4.79 Å². The molecule has 2 fully saturated rings. The van der Waals surface area contributed by atoms with Crippen LogP contribution in [0, 0.1) is 6.92 Å². The largest absolute Gasteiger partial charge is 0.478 e. The van der Waals surface area contributed by atoms with Crippen molar-refractivity contribution in [2.45, 2.75) is 19.9 Å². The molecule has 2 aromatic heterocycles. The lowest BCUT2D eigenvalue weighted by Gasteiger charge is -2.34. The summed E-state index contributed by atoms with van der Waals surface area (Å²) in [4.78, 5) is 16.8. The number of hydrogen-bond acceptors (Lipinski definition) is 5. The molecule has 0 bridgehead atoms. The number of nitrogens with zero attached hydrogens (tertiary/aromatic N) is 3. The average Bonchev–Trinajstić information content (AvgIpc) is 3.28. The molecule has 7 heteroatoms. The Bertz CT molecular complexity index is 1160. The fourth-order valence-electron chi connectivity index (χ4n) is 5.11. The molecule has 33 heavy (non-hydrogen) atoms. The number of fused-ring (bicyclic) bond motifs is 1. The fourth-order valence-corrected chi connectivity index (χ4v) is 5.11. The van der Waals surface area contributed by atoms with Crippen LogP contribution in [0.4, 0.5) is 5.69 Å². The minimum atomic E-state index is -0.887. The number of carbonyl (C=O) groups is 1. The Labute approximate surface area is 194 Å². The van der Waals surface area contributed by atoms with Gasteiger partial charge in [0.1, 0.15) is 0 Å². The van der Waals surface area contributed by atoms with Crippen LogP contribution >= 0.6 is 0 Å². The van der Waals surface area contributed by atoms with Crippen molar-refractivity contribution < 1.29 is 19.4 Å². The lowest BCUT2D eigenvalue weighted by Crippen LogP contribution is -2.39. The summed E-state index contributed by atoms with van der Waals surface area (Å²) in [5.41, 5.74) is 6.52. The summed E-state index contributed by atoms with van der Waals surface area (Å²) in [5.74, 6) is -0.887. The van der Waals surface area contributed by atoms with E-state index in [9.17, 15) is 9.90 Å². The number of rotatable bonds is 5. The number of morpholine rings is 2. The molecule has 1 unspecified atom stereocenters. The van der Waals surface area contributed by atoms with E-state index in [0.29, 0.717) is 18.8 Å². The first-order valence-electron chi connectivity index (χ1n) is 11.7. The standard InChI is InChI=1S/C26H31N3O4/c1-18-24(26(30)31)16-23-15-21(17-29(23)25(18)19(2)27-6-10-32-11-7-27)20-4-3-5-22(14-20)28-8-12-33-13-9-28/h3-5,14-17,19H,6-13H2,1-2H3,(H,30,31). The SMILES string of the molecule is Cc1c(C(=O)O)cc2cc(-c3cccc(N4CCOCC4)c3)cn2c1C(C)N1CCOCC1. The molecule has 4 heterocycles. The van der Waals surface area contributed by atoms with E-state index < -0.39 is 5.97 Å². The van der Waals surface area contributed by atoms with E-state index >= 15 is 0 Å². The molecule has 1 N–H and O–H groups in total. The maximum atomic E-state index is 12.1. The molecule has 2 aliphatic rings. The van der Waals surface area contributed by atoms with E-state index in [1.165, 1.54) is 5.69 Å². The number of carboxylic acids is 1. The van der Waals surface area contributed by atoms with Crippen molar-refractivity contribution in [2.75, 3.05) is 57.5 Å². The van der Waals surface area contributed by atoms with Crippen LogP contribution in [0.2, 0.25) is 0 Å². The van der Waals surface area contributed by atoms with E-state index in [1.807, 2.05) is 6.92 Å². The van der Waals surface area contributed by atoms with Crippen molar-refractivity contribution in [3.05, 3.63) is 59.4 Å². The lowest BCUT2D eigenvalue weighted by atomic mass is 10.0. The highest BCUT2D eigenvalue weighted by Crippen LogP contribution is 2.33. The van der Waals surface area contributed by atoms with Gasteiger partial charge in [-0.15, -0.1) is 0 Å². The Balaban J connectivity index is 1.59. The van der Waals surface area contributed by atoms with Gasteiger partial charge in [0.2, 0.25) is 0 Å². The Kier molecular flexibility index (Phi) is 6.10. The second kappa shape index (κ2) is 9.17. The van der Waals surface area contributed by atoms with Crippen LogP contribution in [-0.2, 0) is 9.47 Å².